The minimum Gasteiger partial charge on any atom is -0.496 e. The molecule has 6 heteroatoms. The van der Waals surface area contributed by atoms with Crippen molar-refractivity contribution in [3.8, 4) is 28.7 Å². The van der Waals surface area contributed by atoms with Crippen molar-refractivity contribution < 1.29 is 13.9 Å². The largest absolute Gasteiger partial charge is 0.496 e. The highest BCUT2D eigenvalue weighted by atomic mass is 16.5. The highest BCUT2D eigenvalue weighted by molar-refractivity contribution is 5.91. The van der Waals surface area contributed by atoms with Crippen molar-refractivity contribution in [1.29, 1.82) is 0 Å². The summed E-state index contributed by atoms with van der Waals surface area (Å²) in [6.07, 6.45) is 0.977. The molecule has 1 aromatic heterocycles. The topological polar surface area (TPSA) is 77.2 Å². The van der Waals surface area contributed by atoms with Gasteiger partial charge in [-0.25, -0.2) is 0 Å². The maximum absolute atomic E-state index is 12.3. The standard InChI is InChI=1S/C24H21N3O3/c1-29-21-10-6-5-7-17(21)13-16-22(28)25-20-14-11-19(12-15-20)24-27-26-23(30-24)18-8-3-2-4-9-18/h2-12,14-15H,13,16H2,1H3,(H,25,28). The van der Waals surface area contributed by atoms with E-state index in [-0.39, 0.29) is 5.91 Å². The van der Waals surface area contributed by atoms with Crippen molar-refractivity contribution in [1.82, 2.24) is 10.2 Å². The van der Waals surface area contributed by atoms with E-state index in [1.807, 2.05) is 78.9 Å². The number of methoxy groups -OCH3 is 1. The second kappa shape index (κ2) is 9.05. The molecular weight excluding hydrogens is 378 g/mol. The van der Waals surface area contributed by atoms with Gasteiger partial charge in [-0.15, -0.1) is 10.2 Å². The van der Waals surface area contributed by atoms with E-state index in [9.17, 15) is 4.79 Å². The van der Waals surface area contributed by atoms with Gasteiger partial charge in [-0.05, 0) is 54.4 Å². The summed E-state index contributed by atoms with van der Waals surface area (Å²) in [6, 6.07) is 24.7. The lowest BCUT2D eigenvalue weighted by Gasteiger charge is -2.09. The van der Waals surface area contributed by atoms with Crippen LogP contribution in [0.2, 0.25) is 0 Å². The molecule has 0 aliphatic rings. The van der Waals surface area contributed by atoms with E-state index in [1.54, 1.807) is 7.11 Å². The average molecular weight is 399 g/mol. The number of benzene rings is 3. The number of rotatable bonds is 7. The fourth-order valence-corrected chi connectivity index (χ4v) is 3.11. The molecule has 0 unspecified atom stereocenters. The molecule has 1 amide bonds. The van der Waals surface area contributed by atoms with Crippen LogP contribution in [-0.4, -0.2) is 23.2 Å². The van der Waals surface area contributed by atoms with Crippen LogP contribution in [0.3, 0.4) is 0 Å². The highest BCUT2D eigenvalue weighted by Gasteiger charge is 2.11. The van der Waals surface area contributed by atoms with Gasteiger partial charge in [-0.1, -0.05) is 36.4 Å². The van der Waals surface area contributed by atoms with Gasteiger partial charge < -0.3 is 14.5 Å². The van der Waals surface area contributed by atoms with E-state index in [1.165, 1.54) is 0 Å². The van der Waals surface area contributed by atoms with E-state index in [0.717, 1.165) is 22.4 Å². The quantitative estimate of drug-likeness (QED) is 0.474. The summed E-state index contributed by atoms with van der Waals surface area (Å²) < 4.78 is 11.1. The number of nitrogens with zero attached hydrogens (tertiary/aromatic N) is 2. The first kappa shape index (κ1) is 19.4. The number of anilines is 1. The van der Waals surface area contributed by atoms with Crippen LogP contribution in [0.4, 0.5) is 5.69 Å². The predicted molar refractivity (Wildman–Crippen MR) is 115 cm³/mol. The first-order chi connectivity index (χ1) is 14.7. The van der Waals surface area contributed by atoms with Gasteiger partial charge in [-0.3, -0.25) is 4.79 Å². The molecule has 0 fully saturated rings. The number of carbonyl (C=O) groups is 1. The maximum atomic E-state index is 12.3. The maximum Gasteiger partial charge on any atom is 0.248 e. The molecule has 1 N–H and O–H groups in total. The summed E-state index contributed by atoms with van der Waals surface area (Å²) >= 11 is 0. The van der Waals surface area contributed by atoms with E-state index in [2.05, 4.69) is 15.5 Å². The number of aromatic nitrogens is 2. The van der Waals surface area contributed by atoms with Crippen LogP contribution in [0.15, 0.2) is 83.3 Å². The summed E-state index contributed by atoms with van der Waals surface area (Å²) in [5.41, 5.74) is 3.38. The van der Waals surface area contributed by atoms with E-state index < -0.39 is 0 Å². The third kappa shape index (κ3) is 4.55. The normalized spacial score (nSPS) is 10.6. The van der Waals surface area contributed by atoms with Gasteiger partial charge in [-0.2, -0.15) is 0 Å². The van der Waals surface area contributed by atoms with Crippen molar-refractivity contribution in [3.63, 3.8) is 0 Å². The molecule has 30 heavy (non-hydrogen) atoms. The summed E-state index contributed by atoms with van der Waals surface area (Å²) in [7, 11) is 1.63. The van der Waals surface area contributed by atoms with Crippen LogP contribution >= 0.6 is 0 Å². The van der Waals surface area contributed by atoms with Crippen molar-refractivity contribution in [2.24, 2.45) is 0 Å². The summed E-state index contributed by atoms with van der Waals surface area (Å²) in [5.74, 6) is 1.64. The Hall–Kier alpha value is -3.93. The molecular formula is C24H21N3O3. The molecule has 0 saturated carbocycles. The zero-order chi connectivity index (χ0) is 20.8. The summed E-state index contributed by atoms with van der Waals surface area (Å²) in [6.45, 7) is 0. The SMILES string of the molecule is COc1ccccc1CCC(=O)Nc1ccc(-c2nnc(-c3ccccc3)o2)cc1. The zero-order valence-corrected chi connectivity index (χ0v) is 16.5. The molecule has 150 valence electrons. The number of nitrogens with one attached hydrogen (secondary N) is 1. The fourth-order valence-electron chi connectivity index (χ4n) is 3.11. The first-order valence-electron chi connectivity index (χ1n) is 9.64. The molecule has 1 heterocycles. The van der Waals surface area contributed by atoms with E-state index in [0.29, 0.717) is 30.3 Å². The van der Waals surface area contributed by atoms with Crippen LogP contribution < -0.4 is 10.1 Å². The Labute approximate surface area is 174 Å². The third-order valence-electron chi connectivity index (χ3n) is 4.68. The number of aryl methyl sites for hydroxylation is 1. The fraction of sp³-hybridized carbons (Fsp3) is 0.125. The molecule has 0 atom stereocenters. The van der Waals surface area contributed by atoms with Gasteiger partial charge in [0.1, 0.15) is 5.75 Å². The van der Waals surface area contributed by atoms with Gasteiger partial charge in [0.2, 0.25) is 17.7 Å². The lowest BCUT2D eigenvalue weighted by Crippen LogP contribution is -2.12. The lowest BCUT2D eigenvalue weighted by molar-refractivity contribution is -0.116. The van der Waals surface area contributed by atoms with E-state index >= 15 is 0 Å². The van der Waals surface area contributed by atoms with Crippen molar-refractivity contribution in [3.05, 3.63) is 84.4 Å². The zero-order valence-electron chi connectivity index (χ0n) is 16.5. The Morgan fingerprint density at radius 1 is 0.867 bits per heavy atom. The Kier molecular flexibility index (Phi) is 5.85. The molecule has 0 bridgehead atoms. The van der Waals surface area contributed by atoms with Crippen LogP contribution in [0, 0.1) is 0 Å². The molecule has 4 rings (SSSR count). The van der Waals surface area contributed by atoms with Crippen molar-refractivity contribution in [2.75, 3.05) is 12.4 Å². The molecule has 0 radical (unpaired) electrons. The van der Waals surface area contributed by atoms with Gasteiger partial charge in [0.15, 0.2) is 0 Å². The molecule has 0 spiro atoms. The number of amides is 1. The minimum atomic E-state index is -0.0576. The number of ether oxygens (including phenoxy) is 1. The van der Waals surface area contributed by atoms with E-state index in [4.69, 9.17) is 9.15 Å². The number of hydrogen-bond donors (Lipinski definition) is 1. The van der Waals surface area contributed by atoms with Crippen LogP contribution in [0.5, 0.6) is 5.75 Å². The third-order valence-corrected chi connectivity index (χ3v) is 4.68. The Morgan fingerprint density at radius 2 is 1.50 bits per heavy atom. The van der Waals surface area contributed by atoms with Gasteiger partial charge in [0.05, 0.1) is 7.11 Å². The number of hydrogen-bond acceptors (Lipinski definition) is 5. The minimum absolute atomic E-state index is 0.0576. The molecule has 0 aliphatic heterocycles. The summed E-state index contributed by atoms with van der Waals surface area (Å²) in [5, 5.41) is 11.1. The smallest absolute Gasteiger partial charge is 0.248 e. The molecule has 6 nitrogen and oxygen atoms in total. The monoisotopic (exact) mass is 399 g/mol. The second-order valence-corrected chi connectivity index (χ2v) is 6.72. The average Bonchev–Trinajstić information content (AvgIpc) is 3.29. The van der Waals surface area contributed by atoms with Crippen LogP contribution in [0.25, 0.3) is 22.9 Å². The van der Waals surface area contributed by atoms with Crippen LogP contribution in [-0.2, 0) is 11.2 Å². The van der Waals surface area contributed by atoms with Crippen molar-refractivity contribution >= 4 is 11.6 Å². The highest BCUT2D eigenvalue weighted by Crippen LogP contribution is 2.25. The summed E-state index contributed by atoms with van der Waals surface area (Å²) in [4.78, 5) is 12.3. The van der Waals surface area contributed by atoms with Gasteiger partial charge in [0.25, 0.3) is 0 Å². The second-order valence-electron chi connectivity index (χ2n) is 6.72. The molecule has 0 saturated heterocycles. The van der Waals surface area contributed by atoms with Gasteiger partial charge in [0, 0.05) is 23.2 Å². The molecule has 3 aromatic carbocycles. The number of carbonyl (C=O) groups excluding carboxylic acids is 1. The van der Waals surface area contributed by atoms with Crippen molar-refractivity contribution in [2.45, 2.75) is 12.8 Å². The predicted octanol–water partition coefficient (Wildman–Crippen LogP) is 4.98. The molecule has 0 aliphatic carbocycles. The first-order valence-corrected chi connectivity index (χ1v) is 9.64. The number of para-hydroxylation sites is 1. The van der Waals surface area contributed by atoms with Gasteiger partial charge >= 0.3 is 0 Å². The Bertz CT molecular complexity index is 1120. The Morgan fingerprint density at radius 3 is 2.20 bits per heavy atom. The van der Waals surface area contributed by atoms with Crippen LogP contribution in [0.1, 0.15) is 12.0 Å². The molecule has 4 aromatic rings. The lowest BCUT2D eigenvalue weighted by atomic mass is 10.1. The Balaban J connectivity index is 1.37.